The molecule has 0 saturated heterocycles. The third-order valence-corrected chi connectivity index (χ3v) is 7.51. The molecule has 0 fully saturated rings. The van der Waals surface area contributed by atoms with Crippen LogP contribution in [0.15, 0.2) is 18.2 Å². The fourth-order valence-corrected chi connectivity index (χ4v) is 5.44. The summed E-state index contributed by atoms with van der Waals surface area (Å²) in [7, 11) is 3.32. The largest absolute Gasteiger partial charge is 0.870 e. The van der Waals surface area contributed by atoms with Gasteiger partial charge in [-0.15, -0.1) is 0 Å². The Morgan fingerprint density at radius 2 is 1.41 bits per heavy atom. The third kappa shape index (κ3) is 15.8. The number of nitro groups is 1. The summed E-state index contributed by atoms with van der Waals surface area (Å²) < 4.78 is 0.353. The first-order valence-corrected chi connectivity index (χ1v) is 14.7. The average molecular weight is 542 g/mol. The van der Waals surface area contributed by atoms with Crippen LogP contribution in [0.5, 0.6) is 0 Å². The highest BCUT2D eigenvalue weighted by Crippen LogP contribution is 2.35. The number of benzene rings is 1. The Balaban J connectivity index is 0.0000130. The first kappa shape index (κ1) is 35.1. The number of non-ortho nitro benzene ring substituents is 1. The van der Waals surface area contributed by atoms with E-state index in [9.17, 15) is 24.6 Å². The molecule has 1 amide bonds. The molecule has 1 aromatic rings. The predicted molar refractivity (Wildman–Crippen MR) is 151 cm³/mol. The normalized spacial score (nSPS) is 12.0. The molecule has 0 bridgehead atoms. The van der Waals surface area contributed by atoms with Crippen LogP contribution in [0.2, 0.25) is 0 Å². The number of unbranched alkanes of at least 4 members (excludes halogenated alkanes) is 12. The van der Waals surface area contributed by atoms with Crippen molar-refractivity contribution in [2.75, 3.05) is 33.0 Å². The molecular weight excluding hydrogens is 493 g/mol. The number of carbonyl (C=O) groups is 2. The maximum absolute atomic E-state index is 12.5. The van der Waals surface area contributed by atoms with Crippen LogP contribution in [0, 0.1) is 10.1 Å². The van der Waals surface area contributed by atoms with Crippen LogP contribution in [0.1, 0.15) is 96.8 Å². The highest BCUT2D eigenvalue weighted by Gasteiger charge is 2.27. The zero-order chi connectivity index (χ0) is 27.0. The number of nitrogens with zero attached hydrogens (tertiary/aromatic N) is 2. The summed E-state index contributed by atoms with van der Waals surface area (Å²) in [6, 6.07) is 3.85. The lowest BCUT2D eigenvalue weighted by Crippen LogP contribution is -2.39. The standard InChI is InChI=1S/C27H46N3O5P.H2O/c1-5-6-7-8-9-10-11-12-13-14-15-16-17-18-26(31)28-24-21-23(29(33)34)19-20-25(24)36(35)27(32)22-30(2,3)4;/h19-21,35H,5-18,22H2,1-4H3;1H2. The number of likely N-dealkylation sites (N-methyl/N-ethyl adjacent to an activating group) is 1. The van der Waals surface area contributed by atoms with E-state index in [0.717, 1.165) is 19.3 Å². The molecule has 9 nitrogen and oxygen atoms in total. The Hall–Kier alpha value is -1.93. The molecule has 10 heteroatoms. The Morgan fingerprint density at radius 1 is 0.919 bits per heavy atom. The minimum absolute atomic E-state index is 0. The van der Waals surface area contributed by atoms with E-state index in [4.69, 9.17) is 0 Å². The van der Waals surface area contributed by atoms with Gasteiger partial charge in [0.05, 0.1) is 31.8 Å². The van der Waals surface area contributed by atoms with Crippen molar-refractivity contribution >= 4 is 36.3 Å². The van der Waals surface area contributed by atoms with Crippen LogP contribution in [0.4, 0.5) is 11.4 Å². The zero-order valence-electron chi connectivity index (χ0n) is 23.2. The van der Waals surface area contributed by atoms with Crippen LogP contribution >= 0.6 is 8.15 Å². The van der Waals surface area contributed by atoms with Gasteiger partial charge in [0.25, 0.3) is 5.69 Å². The van der Waals surface area contributed by atoms with E-state index < -0.39 is 13.1 Å². The van der Waals surface area contributed by atoms with Crippen LogP contribution < -0.4 is 10.6 Å². The molecule has 0 spiro atoms. The fraction of sp³-hybridized carbons (Fsp3) is 0.704. The summed E-state index contributed by atoms with van der Waals surface area (Å²) in [4.78, 5) is 46.4. The summed E-state index contributed by atoms with van der Waals surface area (Å²) in [5, 5.41) is 14.2. The number of hydrogen-bond donors (Lipinski definition) is 2. The maximum atomic E-state index is 12.5. The fourth-order valence-electron chi connectivity index (χ4n) is 4.05. The number of anilines is 1. The van der Waals surface area contributed by atoms with Crippen molar-refractivity contribution in [1.29, 1.82) is 0 Å². The molecule has 1 rings (SSSR count). The van der Waals surface area contributed by atoms with Crippen LogP contribution in [-0.2, 0) is 9.59 Å². The van der Waals surface area contributed by atoms with E-state index in [1.165, 1.54) is 82.4 Å². The SMILES string of the molecule is CCCCCCCCCCCCCCCC(=O)Nc1cc([N+](=O)[O-])ccc1P(O)C(=O)C[N+](C)(C)C.[OH-]. The van der Waals surface area contributed by atoms with Gasteiger partial charge in [0.15, 0.2) is 0 Å². The van der Waals surface area contributed by atoms with Crippen LogP contribution in [0.25, 0.3) is 0 Å². The number of nitrogens with one attached hydrogen (secondary N) is 1. The lowest BCUT2D eigenvalue weighted by Gasteiger charge is -2.24. The van der Waals surface area contributed by atoms with E-state index in [1.807, 2.05) is 21.1 Å². The van der Waals surface area contributed by atoms with E-state index in [1.54, 1.807) is 0 Å². The van der Waals surface area contributed by atoms with E-state index in [2.05, 4.69) is 12.2 Å². The van der Waals surface area contributed by atoms with E-state index in [0.29, 0.717) is 10.9 Å². The second-order valence-electron chi connectivity index (χ2n) is 10.7. The number of carbonyl (C=O) groups excluding carboxylic acids is 2. The Kier molecular flexibility index (Phi) is 18.2. The number of quaternary nitrogens is 1. The van der Waals surface area contributed by atoms with E-state index >= 15 is 0 Å². The minimum atomic E-state index is -2.21. The molecule has 1 atom stereocenters. The summed E-state index contributed by atoms with van der Waals surface area (Å²) in [5.74, 6) is -0.262. The first-order valence-electron chi connectivity index (χ1n) is 13.5. The lowest BCUT2D eigenvalue weighted by atomic mass is 10.0. The summed E-state index contributed by atoms with van der Waals surface area (Å²) in [6.07, 6.45) is 16.1. The van der Waals surface area contributed by atoms with Gasteiger partial charge in [-0.2, -0.15) is 0 Å². The molecule has 0 radical (unpaired) electrons. The van der Waals surface area contributed by atoms with Crippen molar-refractivity contribution in [2.24, 2.45) is 0 Å². The molecule has 1 aromatic carbocycles. The highest BCUT2D eigenvalue weighted by atomic mass is 31.1. The Bertz CT molecular complexity index is 829. The number of nitro benzene ring substituents is 1. The van der Waals surface area contributed by atoms with Crippen molar-refractivity contribution in [3.05, 3.63) is 28.3 Å². The lowest BCUT2D eigenvalue weighted by molar-refractivity contribution is -0.861. The van der Waals surface area contributed by atoms with Gasteiger partial charge in [-0.1, -0.05) is 84.0 Å². The van der Waals surface area contributed by atoms with Gasteiger partial charge >= 0.3 is 0 Å². The topological polar surface area (TPSA) is 140 Å². The van der Waals surface area contributed by atoms with Gasteiger partial charge in [-0.3, -0.25) is 19.7 Å². The van der Waals surface area contributed by atoms with Crippen molar-refractivity contribution < 1.29 is 29.4 Å². The molecular formula is C27H48N3O6P. The molecule has 0 aliphatic rings. The number of amides is 1. The molecule has 37 heavy (non-hydrogen) atoms. The predicted octanol–water partition coefficient (Wildman–Crippen LogP) is 6.09. The molecule has 0 aromatic heterocycles. The van der Waals surface area contributed by atoms with Gasteiger partial charge in [-0.05, 0) is 12.5 Å². The summed E-state index contributed by atoms with van der Waals surface area (Å²) >= 11 is 0. The molecule has 0 heterocycles. The average Bonchev–Trinajstić information content (AvgIpc) is 2.80. The monoisotopic (exact) mass is 541 g/mol. The number of hydrogen-bond acceptors (Lipinski definition) is 6. The summed E-state index contributed by atoms with van der Waals surface area (Å²) in [6.45, 7) is 2.36. The van der Waals surface area contributed by atoms with Crippen LogP contribution in [-0.4, -0.2) is 58.9 Å². The Morgan fingerprint density at radius 3 is 1.86 bits per heavy atom. The van der Waals surface area contributed by atoms with Gasteiger partial charge in [0.2, 0.25) is 11.4 Å². The van der Waals surface area contributed by atoms with Crippen molar-refractivity contribution in [3.8, 4) is 0 Å². The van der Waals surface area contributed by atoms with Gasteiger partial charge < -0.3 is 20.2 Å². The smallest absolute Gasteiger partial charge is 0.271 e. The van der Waals surface area contributed by atoms with Crippen molar-refractivity contribution in [2.45, 2.75) is 96.8 Å². The van der Waals surface area contributed by atoms with Crippen LogP contribution in [0.3, 0.4) is 0 Å². The highest BCUT2D eigenvalue weighted by molar-refractivity contribution is 7.76. The molecule has 3 N–H and O–H groups in total. The molecule has 0 saturated carbocycles. The number of rotatable bonds is 20. The zero-order valence-corrected chi connectivity index (χ0v) is 24.1. The summed E-state index contributed by atoms with van der Waals surface area (Å²) in [5.41, 5.74) is -0.400. The molecule has 0 aliphatic carbocycles. The second-order valence-corrected chi connectivity index (χ2v) is 12.3. The van der Waals surface area contributed by atoms with Crippen molar-refractivity contribution in [1.82, 2.24) is 0 Å². The third-order valence-electron chi connectivity index (χ3n) is 6.05. The minimum Gasteiger partial charge on any atom is -0.870 e. The van der Waals surface area contributed by atoms with Gasteiger partial charge in [0.1, 0.15) is 14.7 Å². The second kappa shape index (κ2) is 19.2. The quantitative estimate of drug-likeness (QED) is 0.0673. The van der Waals surface area contributed by atoms with E-state index in [-0.39, 0.29) is 40.1 Å². The van der Waals surface area contributed by atoms with Gasteiger partial charge in [-0.25, -0.2) is 0 Å². The molecule has 212 valence electrons. The van der Waals surface area contributed by atoms with Crippen molar-refractivity contribution in [3.63, 3.8) is 0 Å². The molecule has 0 aliphatic heterocycles. The maximum Gasteiger partial charge on any atom is 0.271 e. The first-order chi connectivity index (χ1) is 17.0. The Labute approximate surface area is 223 Å². The van der Waals surface area contributed by atoms with Gasteiger partial charge in [0, 0.05) is 23.9 Å². The molecule has 1 unspecified atom stereocenters.